The van der Waals surface area contributed by atoms with Crippen LogP contribution in [0.2, 0.25) is 0 Å². The number of hydrogen-bond donors (Lipinski definition) is 0. The minimum atomic E-state index is -0.525. The van der Waals surface area contributed by atoms with Crippen molar-refractivity contribution in [2.24, 2.45) is 5.92 Å². The predicted molar refractivity (Wildman–Crippen MR) is 107 cm³/mol. The van der Waals surface area contributed by atoms with E-state index in [9.17, 15) is 10.1 Å². The van der Waals surface area contributed by atoms with E-state index in [4.69, 9.17) is 4.74 Å². The third-order valence-corrected chi connectivity index (χ3v) is 5.21. The fourth-order valence-corrected chi connectivity index (χ4v) is 3.51. The molecule has 0 aromatic heterocycles. The maximum absolute atomic E-state index is 12.5. The number of benzene rings is 2. The lowest BCUT2D eigenvalue weighted by Crippen LogP contribution is -2.19. The number of hydrogen-bond acceptors (Lipinski definition) is 3. The molecule has 0 radical (unpaired) electrons. The summed E-state index contributed by atoms with van der Waals surface area (Å²) < 4.78 is 5.47. The van der Waals surface area contributed by atoms with Crippen molar-refractivity contribution >= 4 is 17.6 Å². The highest BCUT2D eigenvalue weighted by atomic mass is 16.5. The first-order valence-electron chi connectivity index (χ1n) is 9.70. The minimum Gasteiger partial charge on any atom is -0.461 e. The highest BCUT2D eigenvalue weighted by molar-refractivity contribution is 6.15. The van der Waals surface area contributed by atoms with Crippen molar-refractivity contribution in [3.05, 3.63) is 68.9 Å². The van der Waals surface area contributed by atoms with E-state index in [2.05, 4.69) is 32.1 Å². The second kappa shape index (κ2) is 8.68. The Hall–Kier alpha value is -2.86. The zero-order valence-corrected chi connectivity index (χ0v) is 16.0. The van der Waals surface area contributed by atoms with E-state index in [0.717, 1.165) is 41.7 Å². The van der Waals surface area contributed by atoms with Crippen molar-refractivity contribution in [1.82, 2.24) is 0 Å². The zero-order valence-electron chi connectivity index (χ0n) is 16.0. The summed E-state index contributed by atoms with van der Waals surface area (Å²) in [5.74, 6) is -0.167. The van der Waals surface area contributed by atoms with E-state index in [-0.39, 0.29) is 5.57 Å². The normalized spacial score (nSPS) is 13.7. The molecular formula is C24H25NO2. The van der Waals surface area contributed by atoms with E-state index in [1.807, 2.05) is 36.4 Å². The summed E-state index contributed by atoms with van der Waals surface area (Å²) in [4.78, 5) is 12.5. The summed E-state index contributed by atoms with van der Waals surface area (Å²) in [7, 11) is 0. The quantitative estimate of drug-likeness (QED) is 0.606. The van der Waals surface area contributed by atoms with Gasteiger partial charge >= 0.3 is 5.97 Å². The van der Waals surface area contributed by atoms with E-state index in [1.165, 1.54) is 5.22 Å². The molecule has 138 valence electrons. The average molecular weight is 359 g/mol. The maximum Gasteiger partial charge on any atom is 0.349 e. The van der Waals surface area contributed by atoms with Gasteiger partial charge in [-0.3, -0.25) is 0 Å². The Bertz CT molecular complexity index is 1090. The highest BCUT2D eigenvalue weighted by Gasteiger charge is 2.15. The highest BCUT2D eigenvalue weighted by Crippen LogP contribution is 2.14. The monoisotopic (exact) mass is 359 g/mol. The second-order valence-corrected chi connectivity index (χ2v) is 7.04. The molecule has 3 nitrogen and oxygen atoms in total. The fraction of sp³-hybridized carbons (Fsp3) is 0.333. The third kappa shape index (κ3) is 4.11. The second-order valence-electron chi connectivity index (χ2n) is 7.04. The fourth-order valence-electron chi connectivity index (χ4n) is 3.51. The largest absolute Gasteiger partial charge is 0.461 e. The van der Waals surface area contributed by atoms with Gasteiger partial charge in [-0.05, 0) is 45.7 Å². The van der Waals surface area contributed by atoms with Crippen LogP contribution in [-0.2, 0) is 9.53 Å². The molecule has 0 N–H and O–H groups in total. The smallest absolute Gasteiger partial charge is 0.349 e. The lowest BCUT2D eigenvalue weighted by Gasteiger charge is -2.14. The first kappa shape index (κ1) is 18.9. The third-order valence-electron chi connectivity index (χ3n) is 5.21. The Morgan fingerprint density at radius 1 is 1.15 bits per heavy atom. The zero-order chi connectivity index (χ0) is 19.2. The first-order chi connectivity index (χ1) is 13.2. The lowest BCUT2D eigenvalue weighted by molar-refractivity contribution is -0.138. The van der Waals surface area contributed by atoms with Crippen LogP contribution in [0.15, 0.2) is 42.5 Å². The Morgan fingerprint density at radius 3 is 2.70 bits per heavy atom. The van der Waals surface area contributed by atoms with Gasteiger partial charge in [-0.1, -0.05) is 69.5 Å². The van der Waals surface area contributed by atoms with Gasteiger partial charge in [0.25, 0.3) is 0 Å². The van der Waals surface area contributed by atoms with E-state index in [0.29, 0.717) is 17.7 Å². The summed E-state index contributed by atoms with van der Waals surface area (Å²) in [6.07, 6.45) is 6.38. The molecule has 0 saturated heterocycles. The summed E-state index contributed by atoms with van der Waals surface area (Å²) in [6, 6.07) is 15.9. The van der Waals surface area contributed by atoms with Gasteiger partial charge in [-0.15, -0.1) is 0 Å². The van der Waals surface area contributed by atoms with Crippen molar-refractivity contribution in [3.63, 3.8) is 0 Å². The number of nitrogens with zero attached hydrogens (tertiary/aromatic N) is 1. The van der Waals surface area contributed by atoms with Crippen LogP contribution in [0.25, 0.3) is 11.6 Å². The minimum absolute atomic E-state index is 0.0764. The summed E-state index contributed by atoms with van der Waals surface area (Å²) in [5.41, 5.74) is 1.11. The molecule has 0 amide bonds. The first-order valence-corrected chi connectivity index (χ1v) is 9.70. The van der Waals surface area contributed by atoms with Crippen molar-refractivity contribution in [3.8, 4) is 6.07 Å². The van der Waals surface area contributed by atoms with Crippen LogP contribution < -0.4 is 10.4 Å². The summed E-state index contributed by atoms with van der Waals surface area (Å²) >= 11 is 0. The molecule has 2 aromatic rings. The van der Waals surface area contributed by atoms with Crippen molar-refractivity contribution in [2.45, 2.75) is 39.5 Å². The molecule has 0 saturated carbocycles. The average Bonchev–Trinajstić information content (AvgIpc) is 3.06. The van der Waals surface area contributed by atoms with Crippen molar-refractivity contribution < 1.29 is 9.53 Å². The Labute approximate surface area is 159 Å². The van der Waals surface area contributed by atoms with Crippen LogP contribution >= 0.6 is 0 Å². The van der Waals surface area contributed by atoms with E-state index in [1.54, 1.807) is 0 Å². The van der Waals surface area contributed by atoms with Gasteiger partial charge < -0.3 is 4.74 Å². The Balaban J connectivity index is 1.88. The van der Waals surface area contributed by atoms with Gasteiger partial charge in [0.05, 0.1) is 6.61 Å². The molecule has 1 aliphatic carbocycles. The number of fused-ring (bicyclic) bond motifs is 2. The van der Waals surface area contributed by atoms with Crippen LogP contribution in [0.5, 0.6) is 0 Å². The predicted octanol–water partition coefficient (Wildman–Crippen LogP) is 3.55. The van der Waals surface area contributed by atoms with Crippen LogP contribution in [0.4, 0.5) is 0 Å². The number of unbranched alkanes of at least 4 members (excludes halogenated alkanes) is 1. The molecule has 0 aliphatic heterocycles. The summed E-state index contributed by atoms with van der Waals surface area (Å²) in [5, 5.41) is 13.6. The lowest BCUT2D eigenvalue weighted by atomic mass is 10.0. The van der Waals surface area contributed by atoms with Crippen molar-refractivity contribution in [2.75, 3.05) is 6.61 Å². The number of carbonyl (C=O) groups excluding carboxylic acids is 1. The van der Waals surface area contributed by atoms with Gasteiger partial charge in [-0.25, -0.2) is 4.79 Å². The molecular weight excluding hydrogens is 334 g/mol. The van der Waals surface area contributed by atoms with Crippen LogP contribution in [0, 0.1) is 27.7 Å². The molecule has 0 spiro atoms. The van der Waals surface area contributed by atoms with Gasteiger partial charge in [0.1, 0.15) is 11.6 Å². The number of rotatable bonds is 7. The number of ether oxygens (including phenoxy) is 1. The Kier molecular flexibility index (Phi) is 6.08. The number of esters is 1. The van der Waals surface area contributed by atoms with E-state index >= 15 is 0 Å². The van der Waals surface area contributed by atoms with Gasteiger partial charge in [-0.2, -0.15) is 5.26 Å². The van der Waals surface area contributed by atoms with Gasteiger partial charge in [0, 0.05) is 5.22 Å². The maximum atomic E-state index is 12.5. The molecule has 0 heterocycles. The van der Waals surface area contributed by atoms with Crippen molar-refractivity contribution in [1.29, 1.82) is 5.26 Å². The molecule has 0 fully saturated rings. The SMILES string of the molecule is CCCCC(CC)COC(=O)/C(C#N)=c1/ccc2c(c1)C=c1ccccc1=2. The molecule has 1 aliphatic rings. The number of carbonyl (C=O) groups is 1. The molecule has 3 heteroatoms. The molecule has 1 unspecified atom stereocenters. The summed E-state index contributed by atoms with van der Waals surface area (Å²) in [6.45, 7) is 4.64. The van der Waals surface area contributed by atoms with E-state index < -0.39 is 5.97 Å². The Morgan fingerprint density at radius 2 is 1.96 bits per heavy atom. The number of nitriles is 1. The standard InChI is InChI=1S/C24H25NO2/c1-3-5-8-17(4-2)16-27-24(26)23(15-25)19-11-12-22-20(14-19)13-18-9-6-7-10-21(18)22/h6-7,9-14,17H,3-5,8,16H2,1-2H3/b23-19-. The molecule has 27 heavy (non-hydrogen) atoms. The van der Waals surface area contributed by atoms with Crippen LogP contribution in [0.3, 0.4) is 0 Å². The van der Waals surface area contributed by atoms with Gasteiger partial charge in [0.15, 0.2) is 0 Å². The molecule has 3 rings (SSSR count). The van der Waals surface area contributed by atoms with Crippen LogP contribution in [0.1, 0.15) is 45.1 Å². The molecule has 2 aromatic carbocycles. The topological polar surface area (TPSA) is 50.1 Å². The van der Waals surface area contributed by atoms with Gasteiger partial charge in [0.2, 0.25) is 0 Å². The molecule has 0 bridgehead atoms. The molecule has 1 atom stereocenters. The van der Waals surface area contributed by atoms with Crippen LogP contribution in [-0.4, -0.2) is 12.6 Å².